The van der Waals surface area contributed by atoms with E-state index < -0.39 is 5.91 Å². The van der Waals surface area contributed by atoms with E-state index in [1.54, 1.807) is 0 Å². The van der Waals surface area contributed by atoms with Crippen molar-refractivity contribution in [3.05, 3.63) is 46.2 Å². The number of aliphatic hydroxyl groups is 1. The van der Waals surface area contributed by atoms with Crippen LogP contribution >= 0.6 is 11.6 Å². The van der Waals surface area contributed by atoms with E-state index >= 15 is 0 Å². The minimum absolute atomic E-state index is 0.116. The molecule has 23 heavy (non-hydrogen) atoms. The van der Waals surface area contributed by atoms with Crippen LogP contribution in [0.25, 0.3) is 11.1 Å². The predicted molar refractivity (Wildman–Crippen MR) is 93.8 cm³/mol. The van der Waals surface area contributed by atoms with E-state index in [0.29, 0.717) is 23.6 Å². The highest BCUT2D eigenvalue weighted by atomic mass is 35.5. The first-order chi connectivity index (χ1) is 11.0. The fraction of sp³-hybridized carbons (Fsp3) is 0.389. The average molecular weight is 335 g/mol. The van der Waals surface area contributed by atoms with Gasteiger partial charge in [0.2, 0.25) is 0 Å². The van der Waals surface area contributed by atoms with Crippen molar-refractivity contribution < 1.29 is 9.90 Å². The molecule has 5 heteroatoms. The van der Waals surface area contributed by atoms with E-state index in [1.165, 1.54) is 0 Å². The SMILES string of the molecule is CCCc1c(-c2ccc(Cl)cc2)c(C(N)=O)c(C)n1CCCO. The maximum atomic E-state index is 12.1. The first-order valence-electron chi connectivity index (χ1n) is 7.89. The molecule has 0 aliphatic heterocycles. The summed E-state index contributed by atoms with van der Waals surface area (Å²) < 4.78 is 2.11. The highest BCUT2D eigenvalue weighted by molar-refractivity contribution is 6.30. The molecule has 124 valence electrons. The number of amides is 1. The van der Waals surface area contributed by atoms with Crippen molar-refractivity contribution in [3.63, 3.8) is 0 Å². The van der Waals surface area contributed by atoms with Crippen LogP contribution in [0.2, 0.25) is 5.02 Å². The summed E-state index contributed by atoms with van der Waals surface area (Å²) in [4.78, 5) is 12.1. The molecule has 0 aliphatic rings. The van der Waals surface area contributed by atoms with Crippen LogP contribution < -0.4 is 5.73 Å². The molecule has 1 aromatic heterocycles. The Kier molecular flexibility index (Phi) is 5.85. The molecule has 0 spiro atoms. The van der Waals surface area contributed by atoms with Crippen molar-refractivity contribution in [1.82, 2.24) is 4.57 Å². The van der Waals surface area contributed by atoms with Gasteiger partial charge in [-0.15, -0.1) is 0 Å². The zero-order chi connectivity index (χ0) is 17.0. The van der Waals surface area contributed by atoms with Crippen molar-refractivity contribution in [1.29, 1.82) is 0 Å². The Morgan fingerprint density at radius 1 is 1.30 bits per heavy atom. The van der Waals surface area contributed by atoms with E-state index in [0.717, 1.165) is 35.4 Å². The van der Waals surface area contributed by atoms with Crippen molar-refractivity contribution in [2.75, 3.05) is 6.61 Å². The summed E-state index contributed by atoms with van der Waals surface area (Å²) in [5.41, 5.74) is 10.0. The quantitative estimate of drug-likeness (QED) is 0.813. The molecule has 2 rings (SSSR count). The van der Waals surface area contributed by atoms with E-state index in [2.05, 4.69) is 11.5 Å². The molecule has 2 aromatic rings. The van der Waals surface area contributed by atoms with Crippen molar-refractivity contribution in [2.24, 2.45) is 5.73 Å². The zero-order valence-corrected chi connectivity index (χ0v) is 14.4. The lowest BCUT2D eigenvalue weighted by Gasteiger charge is -2.12. The van der Waals surface area contributed by atoms with Crippen LogP contribution in [0.3, 0.4) is 0 Å². The van der Waals surface area contributed by atoms with Crippen LogP contribution in [0, 0.1) is 6.92 Å². The lowest BCUT2D eigenvalue weighted by atomic mass is 9.98. The standard InChI is InChI=1S/C18H23ClN2O2/c1-3-5-15-17(13-6-8-14(19)9-7-13)16(18(20)23)12(2)21(15)10-4-11-22/h6-9,22H,3-5,10-11H2,1-2H3,(H2,20,23). The van der Waals surface area contributed by atoms with Crippen LogP contribution in [-0.4, -0.2) is 22.2 Å². The van der Waals surface area contributed by atoms with Crippen LogP contribution in [0.5, 0.6) is 0 Å². The Bertz CT molecular complexity index is 690. The smallest absolute Gasteiger partial charge is 0.251 e. The number of aromatic nitrogens is 1. The van der Waals surface area contributed by atoms with Crippen LogP contribution in [0.1, 0.15) is 41.5 Å². The lowest BCUT2D eigenvalue weighted by molar-refractivity contribution is 0.1000. The predicted octanol–water partition coefficient (Wildman–Crippen LogP) is 3.55. The highest BCUT2D eigenvalue weighted by Crippen LogP contribution is 2.34. The number of carbonyl (C=O) groups is 1. The Morgan fingerprint density at radius 2 is 1.96 bits per heavy atom. The summed E-state index contributed by atoms with van der Waals surface area (Å²) in [6, 6.07) is 7.47. The third-order valence-electron chi connectivity index (χ3n) is 4.04. The molecule has 0 bridgehead atoms. The van der Waals surface area contributed by atoms with Gasteiger partial charge in [-0.25, -0.2) is 0 Å². The zero-order valence-electron chi connectivity index (χ0n) is 13.6. The molecule has 1 heterocycles. The number of rotatable bonds is 7. The molecule has 0 fully saturated rings. The Morgan fingerprint density at radius 3 is 2.48 bits per heavy atom. The van der Waals surface area contributed by atoms with Crippen LogP contribution in [0.15, 0.2) is 24.3 Å². The Balaban J connectivity index is 2.70. The van der Waals surface area contributed by atoms with Gasteiger partial charge in [0.15, 0.2) is 0 Å². The van der Waals surface area contributed by atoms with Crippen LogP contribution in [0.4, 0.5) is 0 Å². The molecule has 1 aromatic carbocycles. The van der Waals surface area contributed by atoms with Crippen molar-refractivity contribution >= 4 is 17.5 Å². The molecule has 1 amide bonds. The highest BCUT2D eigenvalue weighted by Gasteiger charge is 2.24. The largest absolute Gasteiger partial charge is 0.396 e. The van der Waals surface area contributed by atoms with Gasteiger partial charge in [0.05, 0.1) is 5.56 Å². The number of carbonyl (C=O) groups excluding carboxylic acids is 1. The van der Waals surface area contributed by atoms with Gasteiger partial charge in [-0.05, 0) is 37.5 Å². The summed E-state index contributed by atoms with van der Waals surface area (Å²) >= 11 is 5.98. The molecule has 0 unspecified atom stereocenters. The van der Waals surface area contributed by atoms with E-state index in [-0.39, 0.29) is 6.61 Å². The third kappa shape index (κ3) is 3.59. The summed E-state index contributed by atoms with van der Waals surface area (Å²) in [7, 11) is 0. The van der Waals surface area contributed by atoms with Gasteiger partial charge in [-0.1, -0.05) is 37.1 Å². The van der Waals surface area contributed by atoms with Crippen molar-refractivity contribution in [2.45, 2.75) is 39.7 Å². The van der Waals surface area contributed by atoms with Gasteiger partial charge < -0.3 is 15.4 Å². The number of nitrogens with two attached hydrogens (primary N) is 1. The van der Waals surface area contributed by atoms with Crippen LogP contribution in [-0.2, 0) is 13.0 Å². The van der Waals surface area contributed by atoms with Crippen molar-refractivity contribution in [3.8, 4) is 11.1 Å². The molecule has 0 radical (unpaired) electrons. The Labute approximate surface area is 141 Å². The lowest BCUT2D eigenvalue weighted by Crippen LogP contribution is -2.13. The number of halogens is 1. The number of hydrogen-bond acceptors (Lipinski definition) is 2. The minimum atomic E-state index is -0.424. The summed E-state index contributed by atoms with van der Waals surface area (Å²) in [6.45, 7) is 4.81. The van der Waals surface area contributed by atoms with Gasteiger partial charge in [0, 0.05) is 35.1 Å². The number of benzene rings is 1. The number of aliphatic hydroxyl groups excluding tert-OH is 1. The third-order valence-corrected chi connectivity index (χ3v) is 4.29. The second kappa shape index (κ2) is 7.66. The van der Waals surface area contributed by atoms with Gasteiger partial charge in [0.25, 0.3) is 5.91 Å². The monoisotopic (exact) mass is 334 g/mol. The normalized spacial score (nSPS) is 11.0. The molecular formula is C18H23ClN2O2. The molecule has 0 aliphatic carbocycles. The van der Waals surface area contributed by atoms with Gasteiger partial charge in [-0.3, -0.25) is 4.79 Å². The van der Waals surface area contributed by atoms with Gasteiger partial charge in [-0.2, -0.15) is 0 Å². The number of hydrogen-bond donors (Lipinski definition) is 2. The summed E-state index contributed by atoms with van der Waals surface area (Å²) in [5, 5.41) is 9.81. The second-order valence-electron chi connectivity index (χ2n) is 5.63. The fourth-order valence-electron chi connectivity index (χ4n) is 3.05. The van der Waals surface area contributed by atoms with Gasteiger partial charge >= 0.3 is 0 Å². The number of primary amides is 1. The number of nitrogens with zero attached hydrogens (tertiary/aromatic N) is 1. The molecular weight excluding hydrogens is 312 g/mol. The summed E-state index contributed by atoms with van der Waals surface area (Å²) in [5.74, 6) is -0.424. The van der Waals surface area contributed by atoms with Gasteiger partial charge in [0.1, 0.15) is 0 Å². The topological polar surface area (TPSA) is 68.2 Å². The maximum absolute atomic E-state index is 12.1. The first-order valence-corrected chi connectivity index (χ1v) is 8.27. The molecule has 0 saturated carbocycles. The Hall–Kier alpha value is -1.78. The molecule has 0 saturated heterocycles. The van der Waals surface area contributed by atoms with E-state index in [4.69, 9.17) is 22.4 Å². The van der Waals surface area contributed by atoms with E-state index in [1.807, 2.05) is 31.2 Å². The molecule has 0 atom stereocenters. The molecule has 4 nitrogen and oxygen atoms in total. The minimum Gasteiger partial charge on any atom is -0.396 e. The first kappa shape index (κ1) is 17.6. The molecule has 3 N–H and O–H groups in total. The average Bonchev–Trinajstić information content (AvgIpc) is 2.79. The van der Waals surface area contributed by atoms with E-state index in [9.17, 15) is 4.79 Å². The fourth-order valence-corrected chi connectivity index (χ4v) is 3.18. The maximum Gasteiger partial charge on any atom is 0.251 e. The second-order valence-corrected chi connectivity index (χ2v) is 6.07. The summed E-state index contributed by atoms with van der Waals surface area (Å²) in [6.07, 6.45) is 2.45.